The second kappa shape index (κ2) is 11.6. The van der Waals surface area contributed by atoms with Crippen molar-refractivity contribution in [2.45, 2.75) is 25.9 Å². The molecule has 3 aliphatic rings. The van der Waals surface area contributed by atoms with Gasteiger partial charge < -0.3 is 29.3 Å². The van der Waals surface area contributed by atoms with Crippen molar-refractivity contribution in [3.8, 4) is 11.5 Å². The van der Waals surface area contributed by atoms with Gasteiger partial charge in [0.1, 0.15) is 17.8 Å². The van der Waals surface area contributed by atoms with E-state index in [2.05, 4.69) is 21.2 Å². The molecule has 2 saturated heterocycles. The van der Waals surface area contributed by atoms with Gasteiger partial charge in [0.05, 0.1) is 12.1 Å². The lowest BCUT2D eigenvalue weighted by Gasteiger charge is -2.34. The SMILES string of the molecule is CC1(C)COCN1C(=O)n1nc2ccc(C(=O)N3CCN(Cc4ccc5c(c4)OCO5)CC3)cc2n1.O=C(O)C(=O)O. The largest absolute Gasteiger partial charge is 0.473 e. The molecular formula is C27H30N6O9. The lowest BCUT2D eigenvalue weighted by atomic mass is 10.1. The number of rotatable bonds is 3. The molecule has 0 aliphatic carbocycles. The van der Waals surface area contributed by atoms with Gasteiger partial charge in [-0.3, -0.25) is 14.6 Å². The van der Waals surface area contributed by atoms with Crippen LogP contribution in [0, 0.1) is 0 Å². The smallest absolute Gasteiger partial charge is 0.414 e. The summed E-state index contributed by atoms with van der Waals surface area (Å²) in [5.41, 5.74) is 2.34. The molecule has 222 valence electrons. The summed E-state index contributed by atoms with van der Waals surface area (Å²) in [5.74, 6) is -2.13. The zero-order chi connectivity index (χ0) is 30.0. The molecule has 2 N–H and O–H groups in total. The number of ether oxygens (including phenoxy) is 3. The van der Waals surface area contributed by atoms with Crippen molar-refractivity contribution in [3.63, 3.8) is 0 Å². The maximum absolute atomic E-state index is 13.2. The molecule has 15 heteroatoms. The Kier molecular flexibility index (Phi) is 7.95. The van der Waals surface area contributed by atoms with Gasteiger partial charge in [0.2, 0.25) is 6.79 Å². The summed E-state index contributed by atoms with van der Waals surface area (Å²) < 4.78 is 16.3. The van der Waals surface area contributed by atoms with Gasteiger partial charge in [0.15, 0.2) is 11.5 Å². The monoisotopic (exact) mass is 582 g/mol. The van der Waals surface area contributed by atoms with Crippen LogP contribution in [0.15, 0.2) is 36.4 Å². The minimum Gasteiger partial charge on any atom is -0.473 e. The number of aliphatic carboxylic acids is 2. The summed E-state index contributed by atoms with van der Waals surface area (Å²) in [4.78, 5) is 51.2. The number of hydrogen-bond acceptors (Lipinski definition) is 10. The van der Waals surface area contributed by atoms with Crippen LogP contribution in [0.3, 0.4) is 0 Å². The lowest BCUT2D eigenvalue weighted by molar-refractivity contribution is -0.159. The van der Waals surface area contributed by atoms with Gasteiger partial charge in [0.25, 0.3) is 5.91 Å². The average molecular weight is 583 g/mol. The average Bonchev–Trinajstić information content (AvgIpc) is 3.70. The highest BCUT2D eigenvalue weighted by Crippen LogP contribution is 2.33. The summed E-state index contributed by atoms with van der Waals surface area (Å²) in [6.07, 6.45) is 0. The summed E-state index contributed by atoms with van der Waals surface area (Å²) >= 11 is 0. The summed E-state index contributed by atoms with van der Waals surface area (Å²) in [7, 11) is 0. The third kappa shape index (κ3) is 6.11. The highest BCUT2D eigenvalue weighted by Gasteiger charge is 2.38. The van der Waals surface area contributed by atoms with Crippen molar-refractivity contribution in [1.82, 2.24) is 29.7 Å². The van der Waals surface area contributed by atoms with E-state index in [9.17, 15) is 9.59 Å². The zero-order valence-corrected chi connectivity index (χ0v) is 23.1. The Bertz CT molecular complexity index is 1520. The van der Waals surface area contributed by atoms with E-state index in [4.69, 9.17) is 34.0 Å². The number of hydrogen-bond donors (Lipinski definition) is 2. The van der Waals surface area contributed by atoms with Crippen LogP contribution >= 0.6 is 0 Å². The van der Waals surface area contributed by atoms with Crippen molar-refractivity contribution in [2.75, 3.05) is 46.3 Å². The maximum atomic E-state index is 13.2. The van der Waals surface area contributed by atoms with Crippen LogP contribution in [-0.4, -0.2) is 116 Å². The Hall–Kier alpha value is -4.76. The third-order valence-corrected chi connectivity index (χ3v) is 7.12. The normalized spacial score (nSPS) is 17.6. The molecule has 0 atom stereocenters. The number of carbonyl (C=O) groups excluding carboxylic acids is 2. The van der Waals surface area contributed by atoms with E-state index in [1.54, 1.807) is 23.1 Å². The Labute approximate surface area is 239 Å². The molecule has 0 spiro atoms. The second-order valence-electron chi connectivity index (χ2n) is 10.6. The van der Waals surface area contributed by atoms with Crippen molar-refractivity contribution < 1.29 is 43.6 Å². The van der Waals surface area contributed by atoms with E-state index in [1.165, 1.54) is 0 Å². The molecule has 6 rings (SSSR count). The highest BCUT2D eigenvalue weighted by molar-refractivity contribution is 6.27. The van der Waals surface area contributed by atoms with Crippen molar-refractivity contribution in [3.05, 3.63) is 47.5 Å². The second-order valence-corrected chi connectivity index (χ2v) is 10.6. The van der Waals surface area contributed by atoms with Gasteiger partial charge in [-0.25, -0.2) is 14.4 Å². The maximum Gasteiger partial charge on any atom is 0.414 e. The first-order valence-electron chi connectivity index (χ1n) is 13.1. The number of piperazine rings is 1. The number of aromatic nitrogens is 3. The van der Waals surface area contributed by atoms with E-state index in [0.29, 0.717) is 36.3 Å². The number of fused-ring (bicyclic) bond motifs is 2. The van der Waals surface area contributed by atoms with E-state index >= 15 is 0 Å². The fourth-order valence-corrected chi connectivity index (χ4v) is 4.78. The first kappa shape index (κ1) is 28.8. The van der Waals surface area contributed by atoms with E-state index < -0.39 is 17.5 Å². The van der Waals surface area contributed by atoms with Gasteiger partial charge in [-0.1, -0.05) is 10.9 Å². The van der Waals surface area contributed by atoms with Crippen molar-refractivity contribution in [2.24, 2.45) is 0 Å². The van der Waals surface area contributed by atoms with Crippen LogP contribution in [-0.2, 0) is 20.9 Å². The number of benzene rings is 2. The van der Waals surface area contributed by atoms with Crippen molar-refractivity contribution in [1.29, 1.82) is 0 Å². The van der Waals surface area contributed by atoms with E-state index in [-0.39, 0.29) is 25.5 Å². The van der Waals surface area contributed by atoms with Crippen LogP contribution in [0.1, 0.15) is 29.8 Å². The number of nitrogens with zero attached hydrogens (tertiary/aromatic N) is 6. The molecule has 2 amide bonds. The number of carboxylic acid groups (broad SMARTS) is 2. The third-order valence-electron chi connectivity index (χ3n) is 7.12. The molecule has 0 radical (unpaired) electrons. The quantitative estimate of drug-likeness (QED) is 0.424. The predicted molar refractivity (Wildman–Crippen MR) is 144 cm³/mol. The van der Waals surface area contributed by atoms with Gasteiger partial charge in [-0.15, -0.1) is 10.2 Å². The fourth-order valence-electron chi connectivity index (χ4n) is 4.78. The topological polar surface area (TPSA) is 177 Å². The summed E-state index contributed by atoms with van der Waals surface area (Å²) in [6, 6.07) is 10.9. The van der Waals surface area contributed by atoms with Gasteiger partial charge in [-0.05, 0) is 49.7 Å². The Balaban J connectivity index is 0.000000535. The molecule has 4 heterocycles. The molecule has 0 bridgehead atoms. The molecule has 1 aromatic heterocycles. The highest BCUT2D eigenvalue weighted by atomic mass is 16.7. The van der Waals surface area contributed by atoms with Crippen LogP contribution in [0.2, 0.25) is 0 Å². The van der Waals surface area contributed by atoms with Crippen LogP contribution in [0.5, 0.6) is 11.5 Å². The molecule has 0 unspecified atom stereocenters. The number of amides is 2. The van der Waals surface area contributed by atoms with Crippen LogP contribution in [0.25, 0.3) is 11.0 Å². The molecule has 42 heavy (non-hydrogen) atoms. The van der Waals surface area contributed by atoms with E-state index in [0.717, 1.165) is 41.5 Å². The predicted octanol–water partition coefficient (Wildman–Crippen LogP) is 1.31. The number of carbonyl (C=O) groups is 4. The molecule has 2 aromatic carbocycles. The van der Waals surface area contributed by atoms with Crippen LogP contribution < -0.4 is 9.47 Å². The Morgan fingerprint density at radius 2 is 1.57 bits per heavy atom. The van der Waals surface area contributed by atoms with Gasteiger partial charge in [-0.2, -0.15) is 0 Å². The Morgan fingerprint density at radius 1 is 0.881 bits per heavy atom. The van der Waals surface area contributed by atoms with Crippen molar-refractivity contribution >= 4 is 34.9 Å². The summed E-state index contributed by atoms with van der Waals surface area (Å²) in [5, 5.41) is 23.5. The van der Waals surface area contributed by atoms with Gasteiger partial charge in [0, 0.05) is 38.3 Å². The molecule has 15 nitrogen and oxygen atoms in total. The van der Waals surface area contributed by atoms with Gasteiger partial charge >= 0.3 is 18.0 Å². The Morgan fingerprint density at radius 3 is 2.24 bits per heavy atom. The van der Waals surface area contributed by atoms with E-state index in [1.807, 2.05) is 30.9 Å². The molecular weight excluding hydrogens is 552 g/mol. The fraction of sp³-hybridized carbons (Fsp3) is 0.407. The minimum absolute atomic E-state index is 0.0467. The van der Waals surface area contributed by atoms with Crippen LogP contribution in [0.4, 0.5) is 4.79 Å². The molecule has 0 saturated carbocycles. The molecule has 3 aliphatic heterocycles. The standard InChI is InChI=1S/C25H28N6O5.C2H2O4/c1-25(2)14-34-15-30(25)24(33)31-26-19-5-4-18(12-20(19)27-31)23(32)29-9-7-28(8-10-29)13-17-3-6-21-22(11-17)36-16-35-21;3-1(4)2(5)6/h3-6,11-12H,7-10,13-16H2,1-2H3;(H,3,4)(H,5,6). The minimum atomic E-state index is -1.82. The molecule has 3 aromatic rings. The lowest BCUT2D eigenvalue weighted by Crippen LogP contribution is -2.48. The number of carboxylic acids is 2. The first-order chi connectivity index (χ1) is 20.0. The molecule has 2 fully saturated rings. The summed E-state index contributed by atoms with van der Waals surface area (Å²) in [6.45, 7) is 8.43. The first-order valence-corrected chi connectivity index (χ1v) is 13.1. The zero-order valence-electron chi connectivity index (χ0n) is 23.1.